The molecule has 3 aromatic carbocycles. The molecule has 0 saturated carbocycles. The van der Waals surface area contributed by atoms with Crippen molar-refractivity contribution in [2.75, 3.05) is 7.11 Å². The zero-order valence-corrected chi connectivity index (χ0v) is 22.8. The number of aromatic nitrogens is 2. The largest absolute Gasteiger partial charge is 0.493 e. The Kier molecular flexibility index (Phi) is 8.17. The average molecular weight is 650 g/mol. The summed E-state index contributed by atoms with van der Waals surface area (Å²) in [4.78, 5) is 17.9. The molecule has 35 heavy (non-hydrogen) atoms. The van der Waals surface area contributed by atoms with Gasteiger partial charge < -0.3 is 9.47 Å². The van der Waals surface area contributed by atoms with Crippen molar-refractivity contribution < 1.29 is 13.9 Å². The first-order valence-electron chi connectivity index (χ1n) is 10.9. The molecule has 0 atom stereocenters. The van der Waals surface area contributed by atoms with E-state index in [-0.39, 0.29) is 18.0 Å². The van der Waals surface area contributed by atoms with Crippen LogP contribution in [0.2, 0.25) is 0 Å². The standard InChI is InChI=1S/C26H22BrFIN3O3/c1-3-6-24-31-22-10-9-18(27)13-19(22)26(33)32(24)30-14-16-11-21(29)25(23(12-16)34-2)35-15-17-7-4-5-8-20(17)28/h4-5,7-14H,3,6,15H2,1-2H3. The van der Waals surface area contributed by atoms with Gasteiger partial charge in [0.25, 0.3) is 5.56 Å². The molecule has 0 spiro atoms. The van der Waals surface area contributed by atoms with Crippen molar-refractivity contribution >= 4 is 55.6 Å². The van der Waals surface area contributed by atoms with E-state index < -0.39 is 0 Å². The molecule has 0 aliphatic rings. The van der Waals surface area contributed by atoms with Gasteiger partial charge in [0.1, 0.15) is 18.2 Å². The van der Waals surface area contributed by atoms with E-state index in [0.717, 1.165) is 14.5 Å². The van der Waals surface area contributed by atoms with Gasteiger partial charge in [-0.1, -0.05) is 41.1 Å². The van der Waals surface area contributed by atoms with Crippen LogP contribution in [-0.2, 0) is 13.0 Å². The quantitative estimate of drug-likeness (QED) is 0.165. The number of rotatable bonds is 8. The number of hydrogen-bond acceptors (Lipinski definition) is 5. The minimum absolute atomic E-state index is 0.0700. The van der Waals surface area contributed by atoms with Gasteiger partial charge in [0, 0.05) is 16.5 Å². The smallest absolute Gasteiger partial charge is 0.282 e. The average Bonchev–Trinajstić information content (AvgIpc) is 2.84. The van der Waals surface area contributed by atoms with Gasteiger partial charge in [0.2, 0.25) is 0 Å². The fourth-order valence-corrected chi connectivity index (χ4v) is 4.69. The normalized spacial score (nSPS) is 11.3. The van der Waals surface area contributed by atoms with Crippen LogP contribution in [0.15, 0.2) is 69.0 Å². The Morgan fingerprint density at radius 3 is 2.74 bits per heavy atom. The van der Waals surface area contributed by atoms with Crippen LogP contribution in [0.3, 0.4) is 0 Å². The second kappa shape index (κ2) is 11.3. The number of benzene rings is 3. The summed E-state index contributed by atoms with van der Waals surface area (Å²) < 4.78 is 28.3. The number of fused-ring (bicyclic) bond motifs is 1. The fraction of sp³-hybridized carbons (Fsp3) is 0.192. The third kappa shape index (κ3) is 5.72. The second-order valence-electron chi connectivity index (χ2n) is 7.72. The first-order valence-corrected chi connectivity index (χ1v) is 12.8. The highest BCUT2D eigenvalue weighted by Gasteiger charge is 2.14. The van der Waals surface area contributed by atoms with E-state index in [0.29, 0.717) is 45.8 Å². The molecule has 0 aliphatic carbocycles. The van der Waals surface area contributed by atoms with Gasteiger partial charge in [-0.25, -0.2) is 9.37 Å². The lowest BCUT2D eigenvalue weighted by Crippen LogP contribution is -2.22. The summed E-state index contributed by atoms with van der Waals surface area (Å²) in [5.41, 5.74) is 1.57. The maximum Gasteiger partial charge on any atom is 0.282 e. The topological polar surface area (TPSA) is 65.7 Å². The summed E-state index contributed by atoms with van der Waals surface area (Å²) >= 11 is 5.55. The summed E-state index contributed by atoms with van der Waals surface area (Å²) in [6.07, 6.45) is 3.03. The second-order valence-corrected chi connectivity index (χ2v) is 9.79. The Hall–Kier alpha value is -2.79. The van der Waals surface area contributed by atoms with Crippen LogP contribution in [0.4, 0.5) is 4.39 Å². The number of methoxy groups -OCH3 is 1. The minimum Gasteiger partial charge on any atom is -0.493 e. The van der Waals surface area contributed by atoms with Crippen LogP contribution in [0.25, 0.3) is 10.9 Å². The van der Waals surface area contributed by atoms with Crippen LogP contribution >= 0.6 is 38.5 Å². The molecule has 0 saturated heterocycles. The summed E-state index contributed by atoms with van der Waals surface area (Å²) in [6, 6.07) is 15.5. The van der Waals surface area contributed by atoms with Crippen molar-refractivity contribution in [3.05, 3.63) is 95.8 Å². The maximum atomic E-state index is 14.0. The molecule has 0 N–H and O–H groups in total. The van der Waals surface area contributed by atoms with E-state index >= 15 is 0 Å². The van der Waals surface area contributed by atoms with E-state index in [1.165, 1.54) is 17.9 Å². The molecule has 4 aromatic rings. The van der Waals surface area contributed by atoms with E-state index in [9.17, 15) is 9.18 Å². The molecule has 0 fully saturated rings. The van der Waals surface area contributed by atoms with Gasteiger partial charge in [-0.2, -0.15) is 9.78 Å². The lowest BCUT2D eigenvalue weighted by Gasteiger charge is -2.14. The summed E-state index contributed by atoms with van der Waals surface area (Å²) in [6.45, 7) is 2.10. The molecular formula is C26H22BrFIN3O3. The molecule has 0 unspecified atom stereocenters. The molecule has 1 aromatic heterocycles. The summed E-state index contributed by atoms with van der Waals surface area (Å²) in [7, 11) is 1.54. The highest BCUT2D eigenvalue weighted by atomic mass is 127. The van der Waals surface area contributed by atoms with Crippen LogP contribution in [0, 0.1) is 9.39 Å². The van der Waals surface area contributed by atoms with Crippen molar-refractivity contribution in [1.82, 2.24) is 9.66 Å². The van der Waals surface area contributed by atoms with Crippen LogP contribution in [0.1, 0.15) is 30.3 Å². The van der Waals surface area contributed by atoms with Crippen molar-refractivity contribution in [1.29, 1.82) is 0 Å². The lowest BCUT2D eigenvalue weighted by atomic mass is 10.2. The Balaban J connectivity index is 1.68. The molecule has 1 heterocycles. The van der Waals surface area contributed by atoms with Crippen LogP contribution in [0.5, 0.6) is 11.5 Å². The predicted molar refractivity (Wildman–Crippen MR) is 147 cm³/mol. The van der Waals surface area contributed by atoms with Crippen molar-refractivity contribution in [3.63, 3.8) is 0 Å². The number of aryl methyl sites for hydroxylation is 1. The van der Waals surface area contributed by atoms with Gasteiger partial charge in [0.05, 0.1) is 27.8 Å². The van der Waals surface area contributed by atoms with E-state index in [1.54, 1.807) is 36.5 Å². The Labute approximate surface area is 224 Å². The van der Waals surface area contributed by atoms with Crippen molar-refractivity contribution in [2.24, 2.45) is 5.10 Å². The minimum atomic E-state index is -0.324. The van der Waals surface area contributed by atoms with Gasteiger partial charge >= 0.3 is 0 Å². The van der Waals surface area contributed by atoms with Crippen LogP contribution < -0.4 is 15.0 Å². The first-order chi connectivity index (χ1) is 16.9. The number of ether oxygens (including phenoxy) is 2. The molecule has 4 rings (SSSR count). The highest BCUT2D eigenvalue weighted by Crippen LogP contribution is 2.34. The fourth-order valence-electron chi connectivity index (χ4n) is 3.54. The molecule has 6 nitrogen and oxygen atoms in total. The van der Waals surface area contributed by atoms with E-state index in [2.05, 4.69) is 48.6 Å². The first kappa shape index (κ1) is 25.3. The van der Waals surface area contributed by atoms with Gasteiger partial charge in [-0.15, -0.1) is 0 Å². The van der Waals surface area contributed by atoms with Crippen LogP contribution in [-0.4, -0.2) is 23.0 Å². The van der Waals surface area contributed by atoms with Gasteiger partial charge in [0.15, 0.2) is 11.5 Å². The maximum absolute atomic E-state index is 14.0. The molecule has 0 bridgehead atoms. The Morgan fingerprint density at radius 1 is 1.20 bits per heavy atom. The molecule has 0 radical (unpaired) electrons. The third-order valence-corrected chi connectivity index (χ3v) is 6.55. The van der Waals surface area contributed by atoms with Crippen molar-refractivity contribution in [2.45, 2.75) is 26.4 Å². The monoisotopic (exact) mass is 649 g/mol. The molecule has 0 aliphatic heterocycles. The molecular weight excluding hydrogens is 628 g/mol. The Bertz CT molecular complexity index is 1470. The molecule has 0 amide bonds. The van der Waals surface area contributed by atoms with Gasteiger partial charge in [-0.05, 0) is 71.0 Å². The van der Waals surface area contributed by atoms with E-state index in [4.69, 9.17) is 9.47 Å². The van der Waals surface area contributed by atoms with Gasteiger partial charge in [-0.3, -0.25) is 4.79 Å². The van der Waals surface area contributed by atoms with E-state index in [1.807, 2.05) is 25.1 Å². The molecule has 180 valence electrons. The summed E-state index contributed by atoms with van der Waals surface area (Å²) in [5, 5.41) is 4.96. The zero-order valence-electron chi connectivity index (χ0n) is 19.1. The number of halogens is 3. The number of hydrogen-bond donors (Lipinski definition) is 0. The lowest BCUT2D eigenvalue weighted by molar-refractivity contribution is 0.277. The number of nitrogens with zero attached hydrogens (tertiary/aromatic N) is 3. The van der Waals surface area contributed by atoms with Crippen molar-refractivity contribution in [3.8, 4) is 11.5 Å². The highest BCUT2D eigenvalue weighted by molar-refractivity contribution is 14.1. The summed E-state index contributed by atoms with van der Waals surface area (Å²) in [5.74, 6) is 1.26. The zero-order chi connectivity index (χ0) is 24.9. The SMILES string of the molecule is CCCc1nc2ccc(Br)cc2c(=O)n1N=Cc1cc(I)c(OCc2ccccc2F)c(OC)c1. The third-order valence-electron chi connectivity index (χ3n) is 5.25. The predicted octanol–water partition coefficient (Wildman–Crippen LogP) is 6.33. The Morgan fingerprint density at radius 2 is 2.00 bits per heavy atom. The molecule has 9 heteroatoms.